The summed E-state index contributed by atoms with van der Waals surface area (Å²) in [6.07, 6.45) is 1.48. The second-order valence-corrected chi connectivity index (χ2v) is 28.2. The van der Waals surface area contributed by atoms with E-state index in [0.29, 0.717) is 158 Å². The van der Waals surface area contributed by atoms with Crippen LogP contribution < -0.4 is 36.1 Å². The highest BCUT2D eigenvalue weighted by Crippen LogP contribution is 2.36. The summed E-state index contributed by atoms with van der Waals surface area (Å²) >= 11 is 0. The first kappa shape index (κ1) is 81.4. The fourth-order valence-electron chi connectivity index (χ4n) is 14.0. The number of nitrogens with zero attached hydrogens (tertiary/aromatic N) is 12. The molecule has 0 atom stereocenters. The second kappa shape index (κ2) is 36.8. The van der Waals surface area contributed by atoms with Crippen LogP contribution in [-0.2, 0) is 33.8 Å². The summed E-state index contributed by atoms with van der Waals surface area (Å²) in [5.41, 5.74) is 7.15. The van der Waals surface area contributed by atoms with E-state index in [2.05, 4.69) is 0 Å². The summed E-state index contributed by atoms with van der Waals surface area (Å²) in [6.45, 7) is 20.3. The quantitative estimate of drug-likeness (QED) is 0.0454. The molecule has 3 aliphatic heterocycles. The molecule has 3 fully saturated rings. The molecule has 0 unspecified atom stereocenters. The maximum Gasteiger partial charge on any atom is 0.345 e. The minimum Gasteiger partial charge on any atom is -0.497 e. The molecule has 110 heavy (non-hydrogen) atoms. The zero-order chi connectivity index (χ0) is 79.2. The molecule has 0 N–H and O–H groups in total. The molecule has 0 aliphatic carbocycles. The lowest BCUT2D eigenvalue weighted by atomic mass is 10.0. The topological polar surface area (TPSA) is 248 Å². The van der Waals surface area contributed by atoms with Crippen LogP contribution in [0, 0.1) is 26.6 Å². The number of fused-ring (bicyclic) bond motifs is 3. The van der Waals surface area contributed by atoms with Crippen LogP contribution in [0.3, 0.4) is 0 Å². The summed E-state index contributed by atoms with van der Waals surface area (Å²) < 4.78 is 44.8. The molecular weight excluding hydrogens is 1410 g/mol. The normalized spacial score (nSPS) is 13.9. The molecule has 12 rings (SSSR count). The summed E-state index contributed by atoms with van der Waals surface area (Å²) in [7, 11) is 13.3. The van der Waals surface area contributed by atoms with E-state index in [4.69, 9.17) is 23.4 Å². The van der Waals surface area contributed by atoms with Gasteiger partial charge in [-0.3, -0.25) is 28.8 Å². The number of aryl methyl sites for hydroxylation is 3. The Morgan fingerprint density at radius 2 is 0.727 bits per heavy atom. The smallest absolute Gasteiger partial charge is 0.345 e. The number of carbonyl (C=O) groups excluding carboxylic acids is 6. The van der Waals surface area contributed by atoms with Crippen molar-refractivity contribution in [3.63, 3.8) is 0 Å². The van der Waals surface area contributed by atoms with Crippen LogP contribution in [0.4, 0.5) is 21.5 Å². The number of carbonyl (C=O) groups is 6. The van der Waals surface area contributed by atoms with E-state index in [1.807, 2.05) is 147 Å². The molecule has 27 heteroatoms. The molecule has 0 saturated carbocycles. The van der Waals surface area contributed by atoms with Gasteiger partial charge < -0.3 is 81.2 Å². The number of furan rings is 1. The van der Waals surface area contributed by atoms with Crippen molar-refractivity contribution in [1.29, 1.82) is 0 Å². The summed E-state index contributed by atoms with van der Waals surface area (Å²) in [5.74, 6) is -1.68. The molecule has 7 heterocycles. The maximum atomic E-state index is 13.8. The third-order valence-corrected chi connectivity index (χ3v) is 19.7. The molecule has 3 amide bonds. The number of benzene rings is 5. The minimum atomic E-state index is -0.644. The number of hydrogen-bond donors (Lipinski definition) is 0. The number of ether oxygens (including phenoxy) is 4. The molecular formula is C83H101FN12O14. The van der Waals surface area contributed by atoms with Crippen molar-refractivity contribution < 1.29 is 56.5 Å². The van der Waals surface area contributed by atoms with Gasteiger partial charge in [0.1, 0.15) is 28.3 Å². The van der Waals surface area contributed by atoms with Gasteiger partial charge in [0.2, 0.25) is 0 Å². The van der Waals surface area contributed by atoms with E-state index < -0.39 is 23.7 Å². The Hall–Kier alpha value is -11.2. The number of pyridine rings is 3. The molecule has 26 nitrogen and oxygen atoms in total. The third kappa shape index (κ3) is 18.6. The Labute approximate surface area is 639 Å². The standard InChI is InChI=1S/C29H36N4O5.C28H33FN4O4.C26H32N4O5/c1-6-38-29(36)25-26(23-19-20(2)7-12-24(23)33(28(25)35)18-13-30(3)4)31-14-16-32(17-15-31)27(34)21-8-10-22(37-5)11-9-21;1-5-37-28(36)24-25(22-18-19(2)6-11-23(22)33(27(24)35)17-12-30(3)4)31-13-15-32(16-14-31)26(34)20-7-9-21(29)10-8-20;1-5-34-26(33)22-23(28-11-13-29(14-12-28)24(31)21-7-6-16-35-21)19-17-18(2)8-9-20(19)30(25(22)32)15-10-27(3)4/h7-12,19H,6,13-18H2,1-5H3;6-11,18H,5,12-17H2,1-4H3;6-9,16-17H,5,10-15H2,1-4H3. The van der Waals surface area contributed by atoms with E-state index in [1.54, 1.807) is 92.7 Å². The third-order valence-electron chi connectivity index (χ3n) is 19.7. The lowest BCUT2D eigenvalue weighted by molar-refractivity contribution is 0.0514. The molecule has 4 aromatic heterocycles. The molecule has 0 spiro atoms. The van der Waals surface area contributed by atoms with Gasteiger partial charge in [0.05, 0.1) is 66.8 Å². The zero-order valence-electron chi connectivity index (χ0n) is 65.4. The van der Waals surface area contributed by atoms with Gasteiger partial charge in [0, 0.05) is 145 Å². The fraction of sp³-hybridized carbons (Fsp3) is 0.410. The first-order valence-corrected chi connectivity index (χ1v) is 37.3. The largest absolute Gasteiger partial charge is 0.497 e. The number of amides is 3. The molecule has 584 valence electrons. The van der Waals surface area contributed by atoms with E-state index in [-0.39, 0.29) is 70.9 Å². The number of rotatable bonds is 22. The molecule has 0 radical (unpaired) electrons. The SMILES string of the molecule is CCOC(=O)c1c(N2CCN(C(=O)c3ccc(F)cc3)CC2)c2cc(C)ccc2n(CCN(C)C)c1=O.CCOC(=O)c1c(N2CCN(C(=O)c3ccc(OC)cc3)CC2)c2cc(C)ccc2n(CCN(C)C)c1=O.CCOC(=O)c1c(N2CCN(C(=O)c3ccco3)CC2)c2cc(C)ccc2n(CCN(C)C)c1=O. The van der Waals surface area contributed by atoms with Crippen LogP contribution in [-0.4, -0.2) is 246 Å². The predicted octanol–water partition coefficient (Wildman–Crippen LogP) is 8.77. The van der Waals surface area contributed by atoms with Crippen molar-refractivity contribution in [1.82, 2.24) is 43.1 Å². The van der Waals surface area contributed by atoms with E-state index >= 15 is 0 Å². The Balaban J connectivity index is 0.000000176. The van der Waals surface area contributed by atoms with Crippen molar-refractivity contribution in [2.24, 2.45) is 0 Å². The van der Waals surface area contributed by atoms with Crippen LogP contribution in [0.15, 0.2) is 140 Å². The summed E-state index contributed by atoms with van der Waals surface area (Å²) in [4.78, 5) is 137. The molecule has 9 aromatic rings. The monoisotopic (exact) mass is 1510 g/mol. The first-order chi connectivity index (χ1) is 52.8. The van der Waals surface area contributed by atoms with Gasteiger partial charge in [0.15, 0.2) is 5.76 Å². The number of likely N-dealkylation sites (N-methyl/N-ethyl adjacent to an activating group) is 3. The first-order valence-electron chi connectivity index (χ1n) is 37.3. The molecule has 0 bridgehead atoms. The number of halogens is 1. The molecule has 3 saturated heterocycles. The van der Waals surface area contributed by atoms with Gasteiger partial charge in [0.25, 0.3) is 34.4 Å². The Bertz CT molecular complexity index is 4990. The lowest BCUT2D eigenvalue weighted by Crippen LogP contribution is -2.50. The Morgan fingerprint density at radius 3 is 1.01 bits per heavy atom. The zero-order valence-corrected chi connectivity index (χ0v) is 65.4. The van der Waals surface area contributed by atoms with Gasteiger partial charge in [-0.25, -0.2) is 18.8 Å². The minimum absolute atomic E-state index is 0.0250. The van der Waals surface area contributed by atoms with Gasteiger partial charge in [-0.1, -0.05) is 34.9 Å². The van der Waals surface area contributed by atoms with Gasteiger partial charge in [-0.05, 0) is 181 Å². The maximum absolute atomic E-state index is 13.8. The number of hydrogen-bond acceptors (Lipinski definition) is 20. The van der Waals surface area contributed by atoms with Crippen LogP contribution >= 0.6 is 0 Å². The Morgan fingerprint density at radius 1 is 0.418 bits per heavy atom. The average Bonchev–Trinajstić information content (AvgIpc) is 0.824. The number of methoxy groups -OCH3 is 1. The highest BCUT2D eigenvalue weighted by molar-refractivity contribution is 6.08. The molecule has 5 aromatic carbocycles. The van der Waals surface area contributed by atoms with Crippen LogP contribution in [0.25, 0.3) is 32.7 Å². The van der Waals surface area contributed by atoms with Gasteiger partial charge in [-0.2, -0.15) is 0 Å². The van der Waals surface area contributed by atoms with Crippen LogP contribution in [0.2, 0.25) is 0 Å². The molecule has 3 aliphatic rings. The number of anilines is 3. The van der Waals surface area contributed by atoms with Crippen molar-refractivity contribution in [2.45, 2.75) is 61.2 Å². The summed E-state index contributed by atoms with van der Waals surface area (Å²) in [6, 6.07) is 33.7. The second-order valence-electron chi connectivity index (χ2n) is 28.2. The predicted molar refractivity (Wildman–Crippen MR) is 425 cm³/mol. The highest BCUT2D eigenvalue weighted by atomic mass is 19.1. The fourth-order valence-corrected chi connectivity index (χ4v) is 14.0. The number of aromatic nitrogens is 3. The highest BCUT2D eigenvalue weighted by Gasteiger charge is 2.35. The van der Waals surface area contributed by atoms with Gasteiger partial charge >= 0.3 is 17.9 Å². The van der Waals surface area contributed by atoms with Crippen molar-refractivity contribution in [2.75, 3.05) is 182 Å². The van der Waals surface area contributed by atoms with E-state index in [1.165, 1.54) is 30.5 Å². The van der Waals surface area contributed by atoms with Gasteiger partial charge in [-0.15, -0.1) is 0 Å². The van der Waals surface area contributed by atoms with Crippen molar-refractivity contribution >= 4 is 85.4 Å². The summed E-state index contributed by atoms with van der Waals surface area (Å²) in [5, 5.41) is 2.47. The van der Waals surface area contributed by atoms with Crippen LogP contribution in [0.1, 0.15) is 99.8 Å². The Kier molecular flexibility index (Phi) is 27.2. The number of esters is 3. The van der Waals surface area contributed by atoms with E-state index in [0.717, 1.165) is 49.4 Å². The van der Waals surface area contributed by atoms with Crippen molar-refractivity contribution in [3.05, 3.63) is 209 Å². The van der Waals surface area contributed by atoms with Crippen molar-refractivity contribution in [3.8, 4) is 5.75 Å². The average molecular weight is 1510 g/mol. The van der Waals surface area contributed by atoms with Crippen LogP contribution in [0.5, 0.6) is 5.75 Å². The lowest BCUT2D eigenvalue weighted by Gasteiger charge is -2.37. The number of piperazine rings is 3. The van der Waals surface area contributed by atoms with E-state index in [9.17, 15) is 47.5 Å².